The Labute approximate surface area is 95.6 Å². The van der Waals surface area contributed by atoms with Crippen molar-refractivity contribution >= 4 is 11.6 Å². The molecular weight excluding hydrogens is 214 g/mol. The van der Waals surface area contributed by atoms with E-state index in [1.165, 1.54) is 0 Å². The molecule has 5 heteroatoms. The molecule has 4 nitrogen and oxygen atoms in total. The zero-order valence-corrected chi connectivity index (χ0v) is 10.3. The van der Waals surface area contributed by atoms with Crippen LogP contribution in [0, 0.1) is 0 Å². The molecule has 0 aliphatic rings. The Bertz CT molecular complexity index is 312. The zero-order chi connectivity index (χ0) is 11.3. The SMILES string of the molecule is CCc1nn(C)c(Cl)c1CNCCOC. The van der Waals surface area contributed by atoms with Crippen LogP contribution in [0.4, 0.5) is 0 Å². The van der Waals surface area contributed by atoms with Gasteiger partial charge in [-0.2, -0.15) is 5.10 Å². The van der Waals surface area contributed by atoms with Gasteiger partial charge in [0.15, 0.2) is 0 Å². The van der Waals surface area contributed by atoms with Crippen LogP contribution >= 0.6 is 11.6 Å². The molecule has 0 atom stereocenters. The summed E-state index contributed by atoms with van der Waals surface area (Å²) >= 11 is 6.13. The smallest absolute Gasteiger partial charge is 0.131 e. The molecule has 1 aromatic rings. The molecule has 0 unspecified atom stereocenters. The second-order valence-corrected chi connectivity index (χ2v) is 3.72. The van der Waals surface area contributed by atoms with Gasteiger partial charge in [-0.25, -0.2) is 0 Å². The highest BCUT2D eigenvalue weighted by Gasteiger charge is 2.11. The van der Waals surface area contributed by atoms with Crippen molar-refractivity contribution < 1.29 is 4.74 Å². The first kappa shape index (κ1) is 12.5. The van der Waals surface area contributed by atoms with Crippen LogP contribution in [-0.4, -0.2) is 30.0 Å². The minimum Gasteiger partial charge on any atom is -0.383 e. The molecular formula is C10H18ClN3O. The van der Waals surface area contributed by atoms with Crippen molar-refractivity contribution in [3.63, 3.8) is 0 Å². The summed E-state index contributed by atoms with van der Waals surface area (Å²) < 4.78 is 6.67. The van der Waals surface area contributed by atoms with Crippen LogP contribution in [-0.2, 0) is 24.8 Å². The number of rotatable bonds is 6. The van der Waals surface area contributed by atoms with Gasteiger partial charge in [-0.1, -0.05) is 18.5 Å². The fraction of sp³-hybridized carbons (Fsp3) is 0.700. The molecule has 86 valence electrons. The van der Waals surface area contributed by atoms with E-state index in [4.69, 9.17) is 16.3 Å². The molecule has 0 aliphatic carbocycles. The van der Waals surface area contributed by atoms with E-state index in [1.54, 1.807) is 11.8 Å². The van der Waals surface area contributed by atoms with E-state index in [-0.39, 0.29) is 0 Å². The Balaban J connectivity index is 2.58. The highest BCUT2D eigenvalue weighted by molar-refractivity contribution is 6.30. The summed E-state index contributed by atoms with van der Waals surface area (Å²) in [5, 5.41) is 8.33. The Morgan fingerprint density at radius 1 is 1.53 bits per heavy atom. The lowest BCUT2D eigenvalue weighted by Crippen LogP contribution is -2.19. The molecule has 0 radical (unpaired) electrons. The lowest BCUT2D eigenvalue weighted by Gasteiger charge is -2.04. The highest BCUT2D eigenvalue weighted by Crippen LogP contribution is 2.19. The van der Waals surface area contributed by atoms with Crippen LogP contribution in [0.3, 0.4) is 0 Å². The van der Waals surface area contributed by atoms with Crippen LogP contribution in [0.2, 0.25) is 5.15 Å². The van der Waals surface area contributed by atoms with Gasteiger partial charge in [-0.3, -0.25) is 4.68 Å². The van der Waals surface area contributed by atoms with E-state index in [0.29, 0.717) is 6.61 Å². The van der Waals surface area contributed by atoms with Crippen LogP contribution in [0.1, 0.15) is 18.2 Å². The third-order valence-electron chi connectivity index (χ3n) is 2.27. The van der Waals surface area contributed by atoms with Crippen molar-refractivity contribution in [2.45, 2.75) is 19.9 Å². The molecule has 1 heterocycles. The highest BCUT2D eigenvalue weighted by atomic mass is 35.5. The van der Waals surface area contributed by atoms with Gasteiger partial charge >= 0.3 is 0 Å². The minimum atomic E-state index is 0.708. The molecule has 0 aliphatic heterocycles. The summed E-state index contributed by atoms with van der Waals surface area (Å²) in [4.78, 5) is 0. The van der Waals surface area contributed by atoms with Crippen LogP contribution in [0.25, 0.3) is 0 Å². The molecule has 0 fully saturated rings. The second kappa shape index (κ2) is 6.10. The van der Waals surface area contributed by atoms with Crippen molar-refractivity contribution in [3.8, 4) is 0 Å². The quantitative estimate of drug-likeness (QED) is 0.752. The molecule has 1 N–H and O–H groups in total. The third kappa shape index (κ3) is 3.19. The first-order chi connectivity index (χ1) is 7.20. The number of hydrogen-bond acceptors (Lipinski definition) is 3. The monoisotopic (exact) mass is 231 g/mol. The molecule has 0 saturated heterocycles. The Morgan fingerprint density at radius 2 is 2.27 bits per heavy atom. The van der Waals surface area contributed by atoms with Gasteiger partial charge in [-0.05, 0) is 6.42 Å². The van der Waals surface area contributed by atoms with Crippen LogP contribution < -0.4 is 5.32 Å². The fourth-order valence-electron chi connectivity index (χ4n) is 1.45. The van der Waals surface area contributed by atoms with Crippen LogP contribution in [0.15, 0.2) is 0 Å². The van der Waals surface area contributed by atoms with Crippen molar-refractivity contribution in [1.29, 1.82) is 0 Å². The van der Waals surface area contributed by atoms with E-state index >= 15 is 0 Å². The second-order valence-electron chi connectivity index (χ2n) is 3.36. The number of nitrogens with zero attached hydrogens (tertiary/aromatic N) is 2. The van der Waals surface area contributed by atoms with Gasteiger partial charge in [0.25, 0.3) is 0 Å². The van der Waals surface area contributed by atoms with Gasteiger partial charge in [0.05, 0.1) is 12.3 Å². The Morgan fingerprint density at radius 3 is 2.87 bits per heavy atom. The average Bonchev–Trinajstić information content (AvgIpc) is 2.51. The summed E-state index contributed by atoms with van der Waals surface area (Å²) in [5.41, 5.74) is 2.16. The number of halogens is 1. The molecule has 0 bridgehead atoms. The topological polar surface area (TPSA) is 39.1 Å². The van der Waals surface area contributed by atoms with Gasteiger partial charge in [-0.15, -0.1) is 0 Å². The number of aromatic nitrogens is 2. The third-order valence-corrected chi connectivity index (χ3v) is 2.74. The van der Waals surface area contributed by atoms with E-state index < -0.39 is 0 Å². The predicted octanol–water partition coefficient (Wildman–Crippen LogP) is 1.37. The van der Waals surface area contributed by atoms with E-state index in [0.717, 1.165) is 35.9 Å². The summed E-state index contributed by atoms with van der Waals surface area (Å²) in [5.74, 6) is 0. The van der Waals surface area contributed by atoms with E-state index in [2.05, 4.69) is 17.3 Å². The maximum Gasteiger partial charge on any atom is 0.131 e. The van der Waals surface area contributed by atoms with Crippen molar-refractivity contribution in [2.75, 3.05) is 20.3 Å². The standard InChI is InChI=1S/C10H18ClN3O/c1-4-9-8(7-12-5-6-15-3)10(11)14(2)13-9/h12H,4-7H2,1-3H3. The molecule has 0 aromatic carbocycles. The van der Waals surface area contributed by atoms with Crippen molar-refractivity contribution in [2.24, 2.45) is 7.05 Å². The summed E-state index contributed by atoms with van der Waals surface area (Å²) in [6.45, 7) is 4.36. The average molecular weight is 232 g/mol. The normalized spacial score (nSPS) is 10.9. The molecule has 0 spiro atoms. The van der Waals surface area contributed by atoms with Gasteiger partial charge in [0.1, 0.15) is 5.15 Å². The summed E-state index contributed by atoms with van der Waals surface area (Å²) in [6, 6.07) is 0. The van der Waals surface area contributed by atoms with Gasteiger partial charge in [0.2, 0.25) is 0 Å². The molecule has 0 amide bonds. The first-order valence-corrected chi connectivity index (χ1v) is 5.48. The zero-order valence-electron chi connectivity index (χ0n) is 9.51. The fourth-order valence-corrected chi connectivity index (χ4v) is 1.66. The predicted molar refractivity (Wildman–Crippen MR) is 61.2 cm³/mol. The lowest BCUT2D eigenvalue weighted by molar-refractivity contribution is 0.199. The molecule has 1 rings (SSSR count). The number of ether oxygens (including phenoxy) is 1. The number of methoxy groups -OCH3 is 1. The first-order valence-electron chi connectivity index (χ1n) is 5.10. The summed E-state index contributed by atoms with van der Waals surface area (Å²) in [7, 11) is 3.55. The molecule has 15 heavy (non-hydrogen) atoms. The molecule has 1 aromatic heterocycles. The van der Waals surface area contributed by atoms with Crippen molar-refractivity contribution in [1.82, 2.24) is 15.1 Å². The Hall–Kier alpha value is -0.580. The van der Waals surface area contributed by atoms with Crippen LogP contribution in [0.5, 0.6) is 0 Å². The maximum atomic E-state index is 6.13. The lowest BCUT2D eigenvalue weighted by atomic mass is 10.2. The van der Waals surface area contributed by atoms with E-state index in [1.807, 2.05) is 7.05 Å². The van der Waals surface area contributed by atoms with E-state index in [9.17, 15) is 0 Å². The molecule has 0 saturated carbocycles. The van der Waals surface area contributed by atoms with Crippen molar-refractivity contribution in [3.05, 3.63) is 16.4 Å². The maximum absolute atomic E-state index is 6.13. The number of hydrogen-bond donors (Lipinski definition) is 1. The number of nitrogens with one attached hydrogen (secondary N) is 1. The van der Waals surface area contributed by atoms with Gasteiger partial charge in [0, 0.05) is 32.8 Å². The number of aryl methyl sites for hydroxylation is 2. The summed E-state index contributed by atoms with van der Waals surface area (Å²) in [6.07, 6.45) is 0.905. The van der Waals surface area contributed by atoms with Gasteiger partial charge < -0.3 is 10.1 Å². The Kier molecular flexibility index (Phi) is 5.08. The largest absolute Gasteiger partial charge is 0.383 e. The minimum absolute atomic E-state index is 0.708.